The number of carbonyl (C=O) groups excluding carboxylic acids is 4. The lowest BCUT2D eigenvalue weighted by Gasteiger charge is -2.44. The van der Waals surface area contributed by atoms with E-state index in [-0.39, 0.29) is 35.8 Å². The van der Waals surface area contributed by atoms with Crippen molar-refractivity contribution in [1.29, 1.82) is 0 Å². The Balaban J connectivity index is 1.43. The van der Waals surface area contributed by atoms with Crippen LogP contribution in [0.4, 0.5) is 4.79 Å². The molecule has 4 heterocycles. The zero-order valence-corrected chi connectivity index (χ0v) is 24.0. The van der Waals surface area contributed by atoms with Crippen molar-refractivity contribution in [3.05, 3.63) is 0 Å². The van der Waals surface area contributed by atoms with Gasteiger partial charge < -0.3 is 34.2 Å². The van der Waals surface area contributed by atoms with Gasteiger partial charge in [-0.05, 0) is 59.3 Å². The van der Waals surface area contributed by atoms with Crippen LogP contribution >= 0.6 is 0 Å². The molecule has 0 aromatic heterocycles. The summed E-state index contributed by atoms with van der Waals surface area (Å²) in [5.74, 6) is -0.486. The lowest BCUT2D eigenvalue weighted by molar-refractivity contribution is -0.157. The number of ether oxygens (including phenoxy) is 3. The van der Waals surface area contributed by atoms with E-state index in [0.29, 0.717) is 78.1 Å². The summed E-state index contributed by atoms with van der Waals surface area (Å²) >= 11 is 0. The number of hydrogen-bond acceptors (Lipinski definition) is 7. The van der Waals surface area contributed by atoms with Gasteiger partial charge in [-0.3, -0.25) is 14.4 Å². The van der Waals surface area contributed by atoms with Crippen LogP contribution in [0.25, 0.3) is 0 Å². The average molecular weight is 551 g/mol. The van der Waals surface area contributed by atoms with Crippen LogP contribution < -0.4 is 5.32 Å². The van der Waals surface area contributed by atoms with Crippen LogP contribution in [0.3, 0.4) is 0 Å². The number of rotatable bonds is 7. The number of alkyl carbamates (subject to hydrolysis) is 1. The number of nitrogens with one attached hydrogen (secondary N) is 1. The molecule has 39 heavy (non-hydrogen) atoms. The third-order valence-corrected chi connectivity index (χ3v) is 8.06. The van der Waals surface area contributed by atoms with Crippen LogP contribution in [0.2, 0.25) is 0 Å². The fourth-order valence-corrected chi connectivity index (χ4v) is 5.96. The third-order valence-electron chi connectivity index (χ3n) is 8.06. The van der Waals surface area contributed by atoms with Gasteiger partial charge in [-0.25, -0.2) is 4.79 Å². The van der Waals surface area contributed by atoms with Crippen molar-refractivity contribution < 1.29 is 33.4 Å². The molecule has 0 saturated carbocycles. The minimum absolute atomic E-state index is 0.0477. The number of nitrogens with zero attached hydrogens (tertiary/aromatic N) is 3. The van der Waals surface area contributed by atoms with Gasteiger partial charge in [0.05, 0.1) is 25.2 Å². The lowest BCUT2D eigenvalue weighted by Crippen LogP contribution is -2.63. The Hall–Kier alpha value is -2.40. The number of carbonyl (C=O) groups is 4. The quantitative estimate of drug-likeness (QED) is 0.481. The molecular formula is C28H46N4O7. The van der Waals surface area contributed by atoms with E-state index >= 15 is 0 Å². The smallest absolute Gasteiger partial charge is 0.408 e. The van der Waals surface area contributed by atoms with Gasteiger partial charge in [0.15, 0.2) is 0 Å². The van der Waals surface area contributed by atoms with Gasteiger partial charge in [-0.2, -0.15) is 0 Å². The van der Waals surface area contributed by atoms with E-state index in [2.05, 4.69) is 12.2 Å². The molecule has 11 nitrogen and oxygen atoms in total. The highest BCUT2D eigenvalue weighted by molar-refractivity contribution is 5.93. The van der Waals surface area contributed by atoms with E-state index < -0.39 is 23.8 Å². The largest absolute Gasteiger partial charge is 0.444 e. The maximum Gasteiger partial charge on any atom is 0.408 e. The molecular weight excluding hydrogens is 504 g/mol. The highest BCUT2D eigenvalue weighted by Crippen LogP contribution is 2.34. The van der Waals surface area contributed by atoms with Crippen LogP contribution in [0.1, 0.15) is 72.6 Å². The monoisotopic (exact) mass is 550 g/mol. The summed E-state index contributed by atoms with van der Waals surface area (Å²) in [4.78, 5) is 58.1. The van der Waals surface area contributed by atoms with Gasteiger partial charge in [-0.15, -0.1) is 0 Å². The topological polar surface area (TPSA) is 118 Å². The SMILES string of the molecule is CCCCO[C@@H]1CC[C@H](NC(=O)OC(C)(C)C)C(=O)N2[C@H](CC[C@H]2C(=O)N2CC(C(=O)N3CCOCC3)C2)C1. The highest BCUT2D eigenvalue weighted by Gasteiger charge is 2.49. The molecule has 220 valence electrons. The van der Waals surface area contributed by atoms with Gasteiger partial charge in [0.25, 0.3) is 0 Å². The van der Waals surface area contributed by atoms with Gasteiger partial charge >= 0.3 is 6.09 Å². The molecule has 4 saturated heterocycles. The fraction of sp³-hybridized carbons (Fsp3) is 0.857. The Morgan fingerprint density at radius 2 is 1.72 bits per heavy atom. The second-order valence-corrected chi connectivity index (χ2v) is 12.2. The molecule has 4 aliphatic rings. The molecule has 11 heteroatoms. The van der Waals surface area contributed by atoms with Crippen LogP contribution in [-0.2, 0) is 28.6 Å². The van der Waals surface area contributed by atoms with Crippen molar-refractivity contribution in [3.8, 4) is 0 Å². The van der Waals surface area contributed by atoms with Gasteiger partial charge in [0, 0.05) is 38.8 Å². The van der Waals surface area contributed by atoms with Crippen molar-refractivity contribution >= 4 is 23.8 Å². The predicted octanol–water partition coefficient (Wildman–Crippen LogP) is 1.93. The summed E-state index contributed by atoms with van der Waals surface area (Å²) < 4.78 is 17.0. The van der Waals surface area contributed by atoms with Crippen molar-refractivity contribution in [2.24, 2.45) is 5.92 Å². The Kier molecular flexibility index (Phi) is 9.74. The fourth-order valence-electron chi connectivity index (χ4n) is 5.96. The molecule has 0 spiro atoms. The first kappa shape index (κ1) is 29.6. The second-order valence-electron chi connectivity index (χ2n) is 12.2. The predicted molar refractivity (Wildman–Crippen MR) is 143 cm³/mol. The maximum atomic E-state index is 13.8. The summed E-state index contributed by atoms with van der Waals surface area (Å²) in [6.45, 7) is 11.1. The molecule has 4 rings (SSSR count). The number of hydrogen-bond donors (Lipinski definition) is 1. The zero-order chi connectivity index (χ0) is 28.2. The molecule has 4 atom stereocenters. The van der Waals surface area contributed by atoms with E-state index in [1.54, 1.807) is 30.6 Å². The molecule has 0 aromatic rings. The summed E-state index contributed by atoms with van der Waals surface area (Å²) in [6, 6.07) is -1.52. The number of unbranched alkanes of at least 4 members (excludes halogenated alkanes) is 1. The lowest BCUT2D eigenvalue weighted by atomic mass is 9.95. The Labute approximate surface area is 231 Å². The minimum atomic E-state index is -0.791. The molecule has 0 aromatic carbocycles. The summed E-state index contributed by atoms with van der Waals surface area (Å²) in [5, 5.41) is 2.78. The first-order chi connectivity index (χ1) is 18.6. The molecule has 4 aliphatic heterocycles. The van der Waals surface area contributed by atoms with Crippen LogP contribution in [0.15, 0.2) is 0 Å². The van der Waals surface area contributed by atoms with Crippen molar-refractivity contribution in [2.75, 3.05) is 46.0 Å². The number of fused-ring (bicyclic) bond motifs is 1. The van der Waals surface area contributed by atoms with Crippen LogP contribution in [0.5, 0.6) is 0 Å². The first-order valence-electron chi connectivity index (χ1n) is 14.7. The van der Waals surface area contributed by atoms with Gasteiger partial charge in [0.2, 0.25) is 17.7 Å². The molecule has 0 radical (unpaired) electrons. The van der Waals surface area contributed by atoms with Crippen LogP contribution in [-0.4, -0.2) is 114 Å². The maximum absolute atomic E-state index is 13.8. The van der Waals surface area contributed by atoms with Crippen molar-refractivity contribution in [3.63, 3.8) is 0 Å². The summed E-state index contributed by atoms with van der Waals surface area (Å²) in [7, 11) is 0. The zero-order valence-electron chi connectivity index (χ0n) is 24.0. The average Bonchev–Trinajstić information content (AvgIpc) is 3.26. The number of amides is 4. The standard InChI is InChI=1S/C28H46N4O7/c1-5-6-13-38-21-8-9-22(29-27(36)39-28(2,3)4)25(34)32-20(16-21)7-10-23(32)26(35)31-17-19(18-31)24(33)30-11-14-37-15-12-30/h19-23H,5-18H2,1-4H3,(H,29,36)/t20-,21-,22+,23+/m1/s1. The number of likely N-dealkylation sites (tertiary alicyclic amines) is 1. The molecule has 4 amide bonds. The van der Waals surface area contributed by atoms with E-state index in [9.17, 15) is 19.2 Å². The van der Waals surface area contributed by atoms with Gasteiger partial charge in [0.1, 0.15) is 17.7 Å². The molecule has 1 N–H and O–H groups in total. The van der Waals surface area contributed by atoms with Gasteiger partial charge in [-0.1, -0.05) is 13.3 Å². The highest BCUT2D eigenvalue weighted by atomic mass is 16.6. The second kappa shape index (κ2) is 12.8. The Bertz CT molecular complexity index is 895. The number of morpholine rings is 1. The van der Waals surface area contributed by atoms with Crippen LogP contribution in [0, 0.1) is 5.92 Å². The normalized spacial score (nSPS) is 28.3. The van der Waals surface area contributed by atoms with Crippen molar-refractivity contribution in [2.45, 2.75) is 102 Å². The summed E-state index contributed by atoms with van der Waals surface area (Å²) in [5.41, 5.74) is -0.693. The Morgan fingerprint density at radius 1 is 1.00 bits per heavy atom. The van der Waals surface area contributed by atoms with E-state index in [1.807, 2.05) is 4.90 Å². The van der Waals surface area contributed by atoms with Crippen molar-refractivity contribution in [1.82, 2.24) is 20.0 Å². The first-order valence-corrected chi connectivity index (χ1v) is 14.7. The molecule has 0 bridgehead atoms. The minimum Gasteiger partial charge on any atom is -0.444 e. The summed E-state index contributed by atoms with van der Waals surface area (Å²) in [6.07, 6.45) is 4.32. The van der Waals surface area contributed by atoms with E-state index in [4.69, 9.17) is 14.2 Å². The molecule has 0 aliphatic carbocycles. The molecule has 0 unspecified atom stereocenters. The van der Waals surface area contributed by atoms with E-state index in [1.165, 1.54) is 0 Å². The molecule has 4 fully saturated rings. The van der Waals surface area contributed by atoms with E-state index in [0.717, 1.165) is 12.8 Å². The third kappa shape index (κ3) is 7.42. The Morgan fingerprint density at radius 3 is 2.38 bits per heavy atom.